The molecular formula is C10H9N3O3S. The molecule has 0 atom stereocenters. The van der Waals surface area contributed by atoms with Crippen LogP contribution in [0, 0.1) is 11.3 Å². The summed E-state index contributed by atoms with van der Waals surface area (Å²) in [5, 5.41) is 18.7. The summed E-state index contributed by atoms with van der Waals surface area (Å²) in [5.41, 5.74) is -0.171. The van der Waals surface area contributed by atoms with Crippen molar-refractivity contribution >= 4 is 21.7 Å². The minimum atomic E-state index is -0.454. The van der Waals surface area contributed by atoms with Crippen LogP contribution in [0.15, 0.2) is 10.9 Å². The number of ether oxygens (including phenoxy) is 1. The zero-order valence-corrected chi connectivity index (χ0v) is 9.82. The maximum Gasteiger partial charge on any atom is 0.275 e. The molecule has 0 radical (unpaired) electrons. The van der Waals surface area contributed by atoms with E-state index in [-0.39, 0.29) is 17.9 Å². The molecule has 0 amide bonds. The molecule has 0 aliphatic rings. The second-order valence-corrected chi connectivity index (χ2v) is 4.14. The zero-order valence-electron chi connectivity index (χ0n) is 9.01. The van der Waals surface area contributed by atoms with Crippen LogP contribution in [0.5, 0.6) is 10.9 Å². The molecule has 2 heterocycles. The molecule has 0 fully saturated rings. The topological polar surface area (TPSA) is 88.1 Å². The molecule has 0 spiro atoms. The molecule has 0 saturated carbocycles. The summed E-state index contributed by atoms with van der Waals surface area (Å²) in [7, 11) is 0. The van der Waals surface area contributed by atoms with Gasteiger partial charge in [-0.15, -0.1) is 0 Å². The van der Waals surface area contributed by atoms with E-state index in [2.05, 4.69) is 4.98 Å². The van der Waals surface area contributed by atoms with Crippen molar-refractivity contribution in [2.24, 2.45) is 0 Å². The lowest BCUT2D eigenvalue weighted by Gasteiger charge is -2.01. The fourth-order valence-electron chi connectivity index (χ4n) is 1.42. The Balaban J connectivity index is 2.72. The molecule has 1 N–H and O–H groups in total. The van der Waals surface area contributed by atoms with Crippen LogP contribution in [0.1, 0.15) is 6.92 Å². The molecule has 0 aliphatic heterocycles. The summed E-state index contributed by atoms with van der Waals surface area (Å²) in [6.07, 6.45) is 0. The number of thiazole rings is 1. The summed E-state index contributed by atoms with van der Waals surface area (Å²) in [4.78, 5) is 15.7. The van der Waals surface area contributed by atoms with Crippen molar-refractivity contribution in [1.29, 1.82) is 5.26 Å². The fourth-order valence-corrected chi connectivity index (χ4v) is 2.31. The third kappa shape index (κ3) is 1.94. The van der Waals surface area contributed by atoms with E-state index >= 15 is 0 Å². The predicted octanol–water partition coefficient (Wildman–Crippen LogP) is 1.09. The number of aromatic nitrogens is 2. The first-order valence-electron chi connectivity index (χ1n) is 4.90. The Morgan fingerprint density at radius 2 is 2.47 bits per heavy atom. The summed E-state index contributed by atoms with van der Waals surface area (Å²) in [6.45, 7) is 2.16. The molecule has 2 aromatic rings. The van der Waals surface area contributed by atoms with Gasteiger partial charge in [0.25, 0.3) is 10.8 Å². The van der Waals surface area contributed by atoms with Crippen molar-refractivity contribution in [2.45, 2.75) is 13.5 Å². The summed E-state index contributed by atoms with van der Waals surface area (Å²) < 4.78 is 6.87. The van der Waals surface area contributed by atoms with Crippen LogP contribution in [-0.4, -0.2) is 21.3 Å². The highest BCUT2D eigenvalue weighted by molar-refractivity contribution is 7.20. The van der Waals surface area contributed by atoms with Gasteiger partial charge in [0, 0.05) is 6.07 Å². The van der Waals surface area contributed by atoms with Crippen LogP contribution in [0.3, 0.4) is 0 Å². The third-order valence-electron chi connectivity index (χ3n) is 2.10. The van der Waals surface area contributed by atoms with Gasteiger partial charge in [-0.05, 0) is 6.92 Å². The average molecular weight is 251 g/mol. The van der Waals surface area contributed by atoms with E-state index in [4.69, 9.17) is 10.00 Å². The number of pyridine rings is 1. The molecule has 7 heteroatoms. The molecule has 0 aromatic carbocycles. The fraction of sp³-hybridized carbons (Fsp3) is 0.300. The molecule has 88 valence electrons. The van der Waals surface area contributed by atoms with Crippen LogP contribution in [-0.2, 0) is 6.54 Å². The summed E-state index contributed by atoms with van der Waals surface area (Å²) in [5.74, 6) is -0.136. The van der Waals surface area contributed by atoms with Crippen LogP contribution >= 0.6 is 11.3 Å². The first kappa shape index (κ1) is 11.4. The van der Waals surface area contributed by atoms with E-state index < -0.39 is 5.56 Å². The highest BCUT2D eigenvalue weighted by Gasteiger charge is 2.14. The van der Waals surface area contributed by atoms with Crippen LogP contribution < -0.4 is 10.3 Å². The lowest BCUT2D eigenvalue weighted by molar-refractivity contribution is 0.338. The van der Waals surface area contributed by atoms with Crippen LogP contribution in [0.4, 0.5) is 0 Å². The number of rotatable bonds is 3. The molecule has 0 aliphatic carbocycles. The standard InChI is InChI=1S/C10H9N3O3S/c1-2-16-10-12-9-8(17-10)6(14)5-7(15)13(9)4-3-11/h5,14H,2,4H2,1H3. The smallest absolute Gasteiger partial charge is 0.275 e. The van der Waals surface area contributed by atoms with Gasteiger partial charge in [-0.3, -0.25) is 9.36 Å². The van der Waals surface area contributed by atoms with Crippen LogP contribution in [0.2, 0.25) is 0 Å². The molecule has 2 aromatic heterocycles. The van der Waals surface area contributed by atoms with Crippen molar-refractivity contribution in [3.05, 3.63) is 16.4 Å². The molecule has 2 rings (SSSR count). The Kier molecular flexibility index (Phi) is 2.97. The zero-order chi connectivity index (χ0) is 12.4. The summed E-state index contributed by atoms with van der Waals surface area (Å²) >= 11 is 1.14. The Bertz CT molecular complexity index is 653. The number of aromatic hydroxyl groups is 1. The monoisotopic (exact) mass is 251 g/mol. The first-order valence-corrected chi connectivity index (χ1v) is 5.72. The van der Waals surface area contributed by atoms with Crippen molar-refractivity contribution in [3.63, 3.8) is 0 Å². The molecule has 0 saturated heterocycles. The number of hydrogen-bond acceptors (Lipinski definition) is 6. The van der Waals surface area contributed by atoms with Crippen molar-refractivity contribution < 1.29 is 9.84 Å². The first-order chi connectivity index (χ1) is 8.17. The van der Waals surface area contributed by atoms with Gasteiger partial charge in [0.15, 0.2) is 5.65 Å². The van der Waals surface area contributed by atoms with Crippen molar-refractivity contribution in [3.8, 4) is 17.0 Å². The Labute approximate surface area is 100 Å². The van der Waals surface area contributed by atoms with Crippen LogP contribution in [0.25, 0.3) is 10.3 Å². The van der Waals surface area contributed by atoms with Gasteiger partial charge < -0.3 is 9.84 Å². The molecule has 17 heavy (non-hydrogen) atoms. The van der Waals surface area contributed by atoms with Gasteiger partial charge in [0.05, 0.1) is 12.7 Å². The second kappa shape index (κ2) is 4.43. The molecular weight excluding hydrogens is 242 g/mol. The van der Waals surface area contributed by atoms with E-state index in [0.29, 0.717) is 16.5 Å². The number of hydrogen-bond donors (Lipinski definition) is 1. The van der Waals surface area contributed by atoms with Crippen molar-refractivity contribution in [2.75, 3.05) is 6.61 Å². The lowest BCUT2D eigenvalue weighted by Crippen LogP contribution is -2.18. The van der Waals surface area contributed by atoms with Gasteiger partial charge in [-0.25, -0.2) is 0 Å². The van der Waals surface area contributed by atoms with E-state index in [1.54, 1.807) is 0 Å². The number of nitriles is 1. The largest absolute Gasteiger partial charge is 0.506 e. The van der Waals surface area contributed by atoms with E-state index in [0.717, 1.165) is 17.4 Å². The summed E-state index contributed by atoms with van der Waals surface area (Å²) in [6, 6.07) is 2.96. The maximum absolute atomic E-state index is 11.6. The second-order valence-electron chi connectivity index (χ2n) is 3.18. The minimum Gasteiger partial charge on any atom is -0.506 e. The van der Waals surface area contributed by atoms with E-state index in [1.807, 2.05) is 13.0 Å². The number of fused-ring (bicyclic) bond motifs is 1. The number of nitrogens with zero attached hydrogens (tertiary/aromatic N) is 3. The molecule has 6 nitrogen and oxygen atoms in total. The van der Waals surface area contributed by atoms with Crippen molar-refractivity contribution in [1.82, 2.24) is 9.55 Å². The highest BCUT2D eigenvalue weighted by Crippen LogP contribution is 2.32. The normalized spacial score (nSPS) is 10.4. The van der Waals surface area contributed by atoms with Gasteiger partial charge in [0.2, 0.25) is 0 Å². The van der Waals surface area contributed by atoms with Gasteiger partial charge in [0.1, 0.15) is 17.0 Å². The minimum absolute atomic E-state index is 0.106. The SMILES string of the molecule is CCOc1nc2c(s1)c(O)cc(=O)n2CC#N. The lowest BCUT2D eigenvalue weighted by atomic mass is 10.4. The Hall–Kier alpha value is -2.07. The molecule has 0 unspecified atom stereocenters. The average Bonchev–Trinajstić information content (AvgIpc) is 2.69. The van der Waals surface area contributed by atoms with E-state index in [1.165, 1.54) is 4.57 Å². The highest BCUT2D eigenvalue weighted by atomic mass is 32.1. The quantitative estimate of drug-likeness (QED) is 0.882. The van der Waals surface area contributed by atoms with Gasteiger partial charge in [-0.1, -0.05) is 11.3 Å². The van der Waals surface area contributed by atoms with Gasteiger partial charge in [-0.2, -0.15) is 10.2 Å². The predicted molar refractivity (Wildman–Crippen MR) is 62.3 cm³/mol. The Morgan fingerprint density at radius 1 is 1.71 bits per heavy atom. The third-order valence-corrected chi connectivity index (χ3v) is 3.08. The molecule has 0 bridgehead atoms. The van der Waals surface area contributed by atoms with Gasteiger partial charge >= 0.3 is 0 Å². The van der Waals surface area contributed by atoms with E-state index in [9.17, 15) is 9.90 Å². The maximum atomic E-state index is 11.6. The Morgan fingerprint density at radius 3 is 3.12 bits per heavy atom.